The van der Waals surface area contributed by atoms with E-state index in [0.717, 1.165) is 36.3 Å². The maximum atomic E-state index is 13.7. The lowest BCUT2D eigenvalue weighted by molar-refractivity contribution is 0.277. The summed E-state index contributed by atoms with van der Waals surface area (Å²) in [4.78, 5) is 6.85. The van der Waals surface area contributed by atoms with E-state index in [2.05, 4.69) is 27.2 Å². The SMILES string of the molecule is Fc1ccc2ncc(-c3noc4cc(CN5CCCCCC5)ccc34)n2c1. The molecule has 4 heterocycles. The molecule has 0 saturated carbocycles. The van der Waals surface area contributed by atoms with Crippen molar-refractivity contribution in [2.24, 2.45) is 0 Å². The predicted molar refractivity (Wildman–Crippen MR) is 102 cm³/mol. The highest BCUT2D eigenvalue weighted by atomic mass is 19.1. The number of nitrogens with zero attached hydrogens (tertiary/aromatic N) is 4. The molecule has 5 rings (SSSR count). The molecule has 0 unspecified atom stereocenters. The first kappa shape index (κ1) is 16.4. The van der Waals surface area contributed by atoms with Gasteiger partial charge in [-0.1, -0.05) is 24.1 Å². The molecular formula is C21H21FN4O. The van der Waals surface area contributed by atoms with Gasteiger partial charge in [-0.05, 0) is 55.8 Å². The highest BCUT2D eigenvalue weighted by Crippen LogP contribution is 2.29. The number of halogens is 1. The second-order valence-corrected chi connectivity index (χ2v) is 7.27. The first-order valence-corrected chi connectivity index (χ1v) is 9.51. The van der Waals surface area contributed by atoms with Gasteiger partial charge in [-0.15, -0.1) is 0 Å². The minimum absolute atomic E-state index is 0.311. The van der Waals surface area contributed by atoms with E-state index >= 15 is 0 Å². The summed E-state index contributed by atoms with van der Waals surface area (Å²) in [6.45, 7) is 3.26. The van der Waals surface area contributed by atoms with E-state index in [9.17, 15) is 4.39 Å². The first-order valence-electron chi connectivity index (χ1n) is 9.51. The third-order valence-electron chi connectivity index (χ3n) is 5.35. The van der Waals surface area contributed by atoms with Gasteiger partial charge in [0.1, 0.15) is 17.2 Å². The number of aromatic nitrogens is 3. The third-order valence-corrected chi connectivity index (χ3v) is 5.35. The molecule has 0 spiro atoms. The van der Waals surface area contributed by atoms with Crippen molar-refractivity contribution in [2.75, 3.05) is 13.1 Å². The van der Waals surface area contributed by atoms with Crippen LogP contribution in [0.3, 0.4) is 0 Å². The Hall–Kier alpha value is -2.73. The molecule has 27 heavy (non-hydrogen) atoms. The zero-order valence-corrected chi connectivity index (χ0v) is 15.1. The van der Waals surface area contributed by atoms with E-state index in [1.807, 2.05) is 6.07 Å². The lowest BCUT2D eigenvalue weighted by Crippen LogP contribution is -2.23. The molecular weight excluding hydrogens is 343 g/mol. The molecule has 0 N–H and O–H groups in total. The molecule has 5 nitrogen and oxygen atoms in total. The summed E-state index contributed by atoms with van der Waals surface area (Å²) < 4.78 is 21.0. The maximum Gasteiger partial charge on any atom is 0.167 e. The number of fused-ring (bicyclic) bond motifs is 2. The number of hydrogen-bond donors (Lipinski definition) is 0. The van der Waals surface area contributed by atoms with Gasteiger partial charge in [-0.3, -0.25) is 9.30 Å². The number of benzene rings is 1. The van der Waals surface area contributed by atoms with Gasteiger partial charge in [-0.25, -0.2) is 9.37 Å². The number of likely N-dealkylation sites (tertiary alicyclic amines) is 1. The van der Waals surface area contributed by atoms with Crippen molar-refractivity contribution < 1.29 is 8.91 Å². The van der Waals surface area contributed by atoms with E-state index in [4.69, 9.17) is 4.52 Å². The molecule has 1 saturated heterocycles. The number of hydrogen-bond acceptors (Lipinski definition) is 4. The van der Waals surface area contributed by atoms with Crippen molar-refractivity contribution >= 4 is 16.6 Å². The van der Waals surface area contributed by atoms with E-state index in [1.54, 1.807) is 16.7 Å². The molecule has 138 valence electrons. The summed E-state index contributed by atoms with van der Waals surface area (Å²) in [5.74, 6) is -0.311. The minimum atomic E-state index is -0.311. The molecule has 1 aliphatic rings. The molecule has 0 amide bonds. The van der Waals surface area contributed by atoms with Crippen LogP contribution in [0.4, 0.5) is 4.39 Å². The van der Waals surface area contributed by atoms with Crippen LogP contribution in [-0.4, -0.2) is 32.5 Å². The minimum Gasteiger partial charge on any atom is -0.356 e. The Morgan fingerprint density at radius 2 is 1.89 bits per heavy atom. The molecule has 3 aromatic heterocycles. The van der Waals surface area contributed by atoms with Gasteiger partial charge >= 0.3 is 0 Å². The van der Waals surface area contributed by atoms with Crippen LogP contribution < -0.4 is 0 Å². The van der Waals surface area contributed by atoms with Crippen LogP contribution in [0.25, 0.3) is 28.0 Å². The van der Waals surface area contributed by atoms with E-state index in [-0.39, 0.29) is 5.82 Å². The largest absolute Gasteiger partial charge is 0.356 e. The third kappa shape index (κ3) is 3.10. The Kier molecular flexibility index (Phi) is 4.13. The zero-order chi connectivity index (χ0) is 18.2. The number of pyridine rings is 1. The molecule has 0 aliphatic carbocycles. The smallest absolute Gasteiger partial charge is 0.167 e. The first-order chi connectivity index (χ1) is 13.3. The molecule has 4 aromatic rings. The molecule has 0 radical (unpaired) electrons. The van der Waals surface area contributed by atoms with Crippen LogP contribution in [0.2, 0.25) is 0 Å². The Bertz CT molecular complexity index is 1090. The topological polar surface area (TPSA) is 46.6 Å². The van der Waals surface area contributed by atoms with Crippen molar-refractivity contribution in [3.05, 3.63) is 54.1 Å². The van der Waals surface area contributed by atoms with Crippen molar-refractivity contribution in [3.63, 3.8) is 0 Å². The van der Waals surface area contributed by atoms with E-state index in [0.29, 0.717) is 11.3 Å². The monoisotopic (exact) mass is 364 g/mol. The van der Waals surface area contributed by atoms with Gasteiger partial charge < -0.3 is 4.52 Å². The van der Waals surface area contributed by atoms with Crippen molar-refractivity contribution in [1.29, 1.82) is 0 Å². The van der Waals surface area contributed by atoms with E-state index in [1.165, 1.54) is 43.5 Å². The molecule has 1 aliphatic heterocycles. The molecule has 0 bridgehead atoms. The summed E-state index contributed by atoms with van der Waals surface area (Å²) in [6, 6.07) is 9.31. The summed E-state index contributed by atoms with van der Waals surface area (Å²) >= 11 is 0. The average Bonchev–Trinajstić information content (AvgIpc) is 3.17. The summed E-state index contributed by atoms with van der Waals surface area (Å²) in [7, 11) is 0. The summed E-state index contributed by atoms with van der Waals surface area (Å²) in [6.07, 6.45) is 8.35. The van der Waals surface area contributed by atoms with Crippen LogP contribution in [0.5, 0.6) is 0 Å². The standard InChI is InChI=1S/C21H21FN4O/c22-16-6-8-20-23-12-18(26(20)14-16)21-17-7-5-15(11-19(17)27-24-21)13-25-9-3-1-2-4-10-25/h5-8,11-12,14H,1-4,9-10,13H2. The molecule has 0 atom stereocenters. The molecule has 1 aromatic carbocycles. The maximum absolute atomic E-state index is 13.7. The van der Waals surface area contributed by atoms with Crippen molar-refractivity contribution in [3.8, 4) is 11.4 Å². The molecule has 6 heteroatoms. The lowest BCUT2D eigenvalue weighted by atomic mass is 10.1. The zero-order valence-electron chi connectivity index (χ0n) is 15.1. The molecule has 1 fully saturated rings. The van der Waals surface area contributed by atoms with E-state index < -0.39 is 0 Å². The Balaban J connectivity index is 1.49. The summed E-state index contributed by atoms with van der Waals surface area (Å²) in [5, 5.41) is 5.17. The quantitative estimate of drug-likeness (QED) is 0.530. The Morgan fingerprint density at radius 3 is 2.74 bits per heavy atom. The Labute approximate surface area is 156 Å². The van der Waals surface area contributed by atoms with Gasteiger partial charge in [0, 0.05) is 12.7 Å². The lowest BCUT2D eigenvalue weighted by Gasteiger charge is -2.19. The second kappa shape index (κ2) is 6.78. The fraction of sp³-hybridized carbons (Fsp3) is 0.333. The van der Waals surface area contributed by atoms with Gasteiger partial charge in [0.2, 0.25) is 0 Å². The van der Waals surface area contributed by atoms with Gasteiger partial charge in [-0.2, -0.15) is 0 Å². The van der Waals surface area contributed by atoms with Gasteiger partial charge in [0.05, 0.1) is 17.3 Å². The second-order valence-electron chi connectivity index (χ2n) is 7.27. The van der Waals surface area contributed by atoms with Crippen molar-refractivity contribution in [1.82, 2.24) is 19.4 Å². The fourth-order valence-corrected chi connectivity index (χ4v) is 3.95. The van der Waals surface area contributed by atoms with Crippen LogP contribution in [-0.2, 0) is 6.54 Å². The predicted octanol–water partition coefficient (Wildman–Crippen LogP) is 4.66. The number of imidazole rings is 1. The summed E-state index contributed by atoms with van der Waals surface area (Å²) in [5.41, 5.74) is 4.08. The number of rotatable bonds is 3. The Morgan fingerprint density at radius 1 is 1.04 bits per heavy atom. The van der Waals surface area contributed by atoms with Gasteiger partial charge in [0.25, 0.3) is 0 Å². The van der Waals surface area contributed by atoms with Crippen LogP contribution in [0, 0.1) is 5.82 Å². The average molecular weight is 364 g/mol. The van der Waals surface area contributed by atoms with Crippen LogP contribution >= 0.6 is 0 Å². The van der Waals surface area contributed by atoms with Gasteiger partial charge in [0.15, 0.2) is 5.58 Å². The van der Waals surface area contributed by atoms with Crippen LogP contribution in [0.15, 0.2) is 47.2 Å². The highest BCUT2D eigenvalue weighted by Gasteiger charge is 2.16. The normalized spacial score (nSPS) is 16.2. The highest BCUT2D eigenvalue weighted by molar-refractivity contribution is 5.91. The fourth-order valence-electron chi connectivity index (χ4n) is 3.95. The van der Waals surface area contributed by atoms with Crippen LogP contribution in [0.1, 0.15) is 31.2 Å². The van der Waals surface area contributed by atoms with Crippen molar-refractivity contribution in [2.45, 2.75) is 32.2 Å².